The fourth-order valence-electron chi connectivity index (χ4n) is 7.67. The van der Waals surface area contributed by atoms with Gasteiger partial charge in [-0.2, -0.15) is 17.9 Å². The summed E-state index contributed by atoms with van der Waals surface area (Å²) in [6, 6.07) is 4.01. The van der Waals surface area contributed by atoms with Crippen LogP contribution < -0.4 is 10.5 Å². The first-order valence-electron chi connectivity index (χ1n) is 11.8. The van der Waals surface area contributed by atoms with Gasteiger partial charge in [-0.1, -0.05) is 12.1 Å². The number of sulfonamides is 1. The van der Waals surface area contributed by atoms with Crippen molar-refractivity contribution in [1.82, 2.24) is 4.72 Å². The maximum absolute atomic E-state index is 13.6. The van der Waals surface area contributed by atoms with E-state index < -0.39 is 43.0 Å². The number of Topliss-reactive ketones (excluding diaryl/α,β-unsaturated/α-hetero) is 1. The number of rotatable bonds is 7. The second kappa shape index (κ2) is 7.53. The zero-order chi connectivity index (χ0) is 24.6. The molecule has 186 valence electrons. The van der Waals surface area contributed by atoms with Gasteiger partial charge in [0.25, 0.3) is 0 Å². The highest BCUT2D eigenvalue weighted by atomic mass is 32.2. The third kappa shape index (κ3) is 3.77. The molecule has 2 unspecified atom stereocenters. The molecule has 6 rings (SSSR count). The predicted octanol–water partition coefficient (Wildman–Crippen LogP) is 3.94. The molecule has 1 aromatic carbocycles. The van der Waals surface area contributed by atoms with E-state index in [0.717, 1.165) is 50.3 Å². The molecule has 1 amide bonds. The van der Waals surface area contributed by atoms with E-state index in [0.29, 0.717) is 24.7 Å². The van der Waals surface area contributed by atoms with Crippen molar-refractivity contribution in [1.29, 1.82) is 0 Å². The van der Waals surface area contributed by atoms with E-state index in [9.17, 15) is 31.2 Å². The van der Waals surface area contributed by atoms with Gasteiger partial charge in [0.15, 0.2) is 5.78 Å². The number of alkyl halides is 3. The summed E-state index contributed by atoms with van der Waals surface area (Å²) in [5.41, 5.74) is 2.15. The minimum Gasteiger partial charge on any atom is -0.369 e. The average molecular weight is 499 g/mol. The first kappa shape index (κ1) is 23.8. The topological polar surface area (TPSA) is 106 Å². The normalized spacial score (nSPS) is 34.0. The molecule has 0 heterocycles. The summed E-state index contributed by atoms with van der Waals surface area (Å²) in [4.78, 5) is 25.1. The summed E-state index contributed by atoms with van der Waals surface area (Å²) >= 11 is 0. The van der Waals surface area contributed by atoms with Gasteiger partial charge in [0.2, 0.25) is 15.9 Å². The number of ketones is 1. The maximum Gasteiger partial charge on any atom is 0.417 e. The number of hydrogen-bond acceptors (Lipinski definition) is 4. The Balaban J connectivity index is 1.41. The Kier molecular flexibility index (Phi) is 5.27. The van der Waals surface area contributed by atoms with Gasteiger partial charge in [-0.05, 0) is 87.2 Å². The van der Waals surface area contributed by atoms with Crippen LogP contribution in [0.3, 0.4) is 0 Å². The first-order valence-corrected chi connectivity index (χ1v) is 13.3. The Hall–Kier alpha value is -1.94. The second-order valence-electron chi connectivity index (χ2n) is 11.2. The molecule has 3 N–H and O–H groups in total. The molecule has 5 aliphatic rings. The smallest absolute Gasteiger partial charge is 0.369 e. The zero-order valence-electron chi connectivity index (χ0n) is 18.8. The van der Waals surface area contributed by atoms with Gasteiger partial charge in [-0.25, -0.2) is 8.42 Å². The van der Waals surface area contributed by atoms with Crippen LogP contribution in [0.1, 0.15) is 69.8 Å². The van der Waals surface area contributed by atoms with E-state index in [1.165, 1.54) is 6.07 Å². The molecule has 0 aromatic heterocycles. The molecule has 0 spiro atoms. The van der Waals surface area contributed by atoms with Crippen LogP contribution in [0.25, 0.3) is 0 Å². The highest BCUT2D eigenvalue weighted by Crippen LogP contribution is 2.66. The van der Waals surface area contributed by atoms with Crippen LogP contribution >= 0.6 is 0 Å². The number of nitrogens with two attached hydrogens (primary N) is 1. The van der Waals surface area contributed by atoms with Crippen molar-refractivity contribution < 1.29 is 31.2 Å². The molecule has 34 heavy (non-hydrogen) atoms. The summed E-state index contributed by atoms with van der Waals surface area (Å²) in [7, 11) is -4.59. The summed E-state index contributed by atoms with van der Waals surface area (Å²) in [6.07, 6.45) is 1.08. The number of hydrogen-bond donors (Lipinski definition) is 2. The van der Waals surface area contributed by atoms with Crippen LogP contribution in [0.2, 0.25) is 0 Å². The summed E-state index contributed by atoms with van der Waals surface area (Å²) in [5, 5.41) is 0. The third-order valence-electron chi connectivity index (χ3n) is 8.79. The lowest BCUT2D eigenvalue weighted by molar-refractivity contribution is -0.159. The van der Waals surface area contributed by atoms with Crippen molar-refractivity contribution in [2.45, 2.75) is 80.8 Å². The van der Waals surface area contributed by atoms with Gasteiger partial charge >= 0.3 is 6.18 Å². The molecule has 0 aliphatic heterocycles. The van der Waals surface area contributed by atoms with Crippen LogP contribution in [0.4, 0.5) is 13.2 Å². The van der Waals surface area contributed by atoms with Gasteiger partial charge in [0, 0.05) is 6.42 Å². The Morgan fingerprint density at radius 1 is 1.06 bits per heavy atom. The Labute approximate surface area is 196 Å². The number of primary amides is 1. The number of carbonyl (C=O) groups is 2. The van der Waals surface area contributed by atoms with Gasteiger partial charge < -0.3 is 5.73 Å². The fraction of sp³-hybridized carbons (Fsp3) is 0.667. The van der Waals surface area contributed by atoms with Gasteiger partial charge in [0.1, 0.15) is 0 Å². The quantitative estimate of drug-likeness (QED) is 0.594. The van der Waals surface area contributed by atoms with E-state index in [4.69, 9.17) is 5.73 Å². The summed E-state index contributed by atoms with van der Waals surface area (Å²) in [5.74, 6) is 0.0538. The molecule has 5 saturated carbocycles. The molecule has 2 atom stereocenters. The number of benzene rings is 1. The molecule has 0 saturated heterocycles. The summed E-state index contributed by atoms with van der Waals surface area (Å²) in [6.45, 7) is 0. The van der Waals surface area contributed by atoms with Gasteiger partial charge in [-0.3, -0.25) is 9.59 Å². The van der Waals surface area contributed by atoms with Crippen LogP contribution in [0, 0.1) is 22.7 Å². The van der Waals surface area contributed by atoms with Gasteiger partial charge in [0.05, 0.1) is 21.4 Å². The van der Waals surface area contributed by atoms with E-state index >= 15 is 0 Å². The van der Waals surface area contributed by atoms with E-state index in [1.54, 1.807) is 0 Å². The number of amides is 1. The third-order valence-corrected chi connectivity index (χ3v) is 10.4. The SMILES string of the molecule is NC(=O)C12CC3CC(CC(CC(=O)C4(NS(=O)(=O)c5ccccc5C(F)(F)F)CCC4)(C3)C1)C2. The monoisotopic (exact) mass is 498 g/mol. The lowest BCUT2D eigenvalue weighted by Gasteiger charge is -2.61. The second-order valence-corrected chi connectivity index (χ2v) is 12.9. The highest BCUT2D eigenvalue weighted by molar-refractivity contribution is 7.89. The van der Waals surface area contributed by atoms with Crippen molar-refractivity contribution in [2.24, 2.45) is 28.4 Å². The average Bonchev–Trinajstić information content (AvgIpc) is 2.68. The van der Waals surface area contributed by atoms with Crippen LogP contribution in [-0.4, -0.2) is 25.6 Å². The molecule has 6 nitrogen and oxygen atoms in total. The van der Waals surface area contributed by atoms with Crippen LogP contribution in [0.5, 0.6) is 0 Å². The van der Waals surface area contributed by atoms with E-state index in [-0.39, 0.29) is 31.0 Å². The number of halogens is 3. The maximum atomic E-state index is 13.6. The first-order chi connectivity index (χ1) is 15.8. The lowest BCUT2D eigenvalue weighted by Crippen LogP contribution is -2.62. The Morgan fingerprint density at radius 3 is 2.21 bits per heavy atom. The largest absolute Gasteiger partial charge is 0.417 e. The minimum absolute atomic E-state index is 0.123. The van der Waals surface area contributed by atoms with Gasteiger partial charge in [-0.15, -0.1) is 0 Å². The molecule has 1 aromatic rings. The Morgan fingerprint density at radius 2 is 1.68 bits per heavy atom. The Bertz CT molecular complexity index is 1130. The van der Waals surface area contributed by atoms with E-state index in [1.807, 2.05) is 0 Å². The van der Waals surface area contributed by atoms with Crippen molar-refractivity contribution >= 4 is 21.7 Å². The fourth-order valence-corrected chi connectivity index (χ4v) is 9.35. The predicted molar refractivity (Wildman–Crippen MR) is 117 cm³/mol. The highest BCUT2D eigenvalue weighted by Gasteiger charge is 2.61. The van der Waals surface area contributed by atoms with E-state index in [2.05, 4.69) is 4.72 Å². The van der Waals surface area contributed by atoms with Crippen molar-refractivity contribution in [3.63, 3.8) is 0 Å². The molecular formula is C24H29F3N2O4S. The number of nitrogens with one attached hydrogen (secondary N) is 1. The number of carbonyl (C=O) groups excluding carboxylic acids is 2. The van der Waals surface area contributed by atoms with Crippen molar-refractivity contribution in [3.05, 3.63) is 29.8 Å². The lowest BCUT2D eigenvalue weighted by atomic mass is 9.43. The van der Waals surface area contributed by atoms with Crippen molar-refractivity contribution in [2.75, 3.05) is 0 Å². The van der Waals surface area contributed by atoms with Crippen LogP contribution in [-0.2, 0) is 25.8 Å². The summed E-state index contributed by atoms with van der Waals surface area (Å²) < 4.78 is 68.9. The molecule has 4 bridgehead atoms. The minimum atomic E-state index is -4.84. The zero-order valence-corrected chi connectivity index (χ0v) is 19.6. The molecule has 5 fully saturated rings. The molecular weight excluding hydrogens is 469 g/mol. The molecule has 0 radical (unpaired) electrons. The standard InChI is InChI=1S/C24H29F3N2O4S/c25-24(26,27)17-4-1-2-5-18(17)34(32,33)29-23(6-3-7-23)19(30)13-21-9-15-8-16(10-21)12-22(11-15,14-21)20(28)31/h1-2,4-5,15-16,29H,3,6-14H2,(H2,28,31). The van der Waals surface area contributed by atoms with Crippen molar-refractivity contribution in [3.8, 4) is 0 Å². The van der Waals surface area contributed by atoms with Crippen LogP contribution in [0.15, 0.2) is 29.2 Å². The molecule has 5 aliphatic carbocycles. The molecule has 10 heteroatoms.